The standard InChI is InChI=1S/C11H8ClS/c1-13-9-6-8-4-2-3-5-10(8)11(12)7-9/h2-6H,1H3. The molecule has 0 spiro atoms. The van der Waals surface area contributed by atoms with Crippen molar-refractivity contribution in [3.05, 3.63) is 41.4 Å². The van der Waals surface area contributed by atoms with E-state index >= 15 is 0 Å². The van der Waals surface area contributed by atoms with Crippen molar-refractivity contribution in [3.63, 3.8) is 0 Å². The van der Waals surface area contributed by atoms with Gasteiger partial charge in [-0.1, -0.05) is 35.9 Å². The molecule has 0 heterocycles. The summed E-state index contributed by atoms with van der Waals surface area (Å²) in [5.74, 6) is 0. The Kier molecular flexibility index (Phi) is 2.47. The Bertz CT molecular complexity index is 437. The first kappa shape index (κ1) is 8.92. The molecular formula is C11H8ClS. The summed E-state index contributed by atoms with van der Waals surface area (Å²) in [5.41, 5.74) is 0. The SMILES string of the molecule is CSc1[c]c(Cl)c2ccccc2c1. The molecule has 0 saturated heterocycles. The highest BCUT2D eigenvalue weighted by Crippen LogP contribution is 2.28. The molecule has 0 N–H and O–H groups in total. The van der Waals surface area contributed by atoms with E-state index < -0.39 is 0 Å². The van der Waals surface area contributed by atoms with Crippen LogP contribution in [0.5, 0.6) is 0 Å². The zero-order valence-corrected chi connectivity index (χ0v) is 8.75. The molecule has 13 heavy (non-hydrogen) atoms. The first-order chi connectivity index (χ1) is 6.31. The van der Waals surface area contributed by atoms with Crippen molar-refractivity contribution >= 4 is 34.1 Å². The molecule has 0 aliphatic carbocycles. The van der Waals surface area contributed by atoms with Gasteiger partial charge in [-0.3, -0.25) is 0 Å². The number of fused-ring (bicyclic) bond motifs is 1. The van der Waals surface area contributed by atoms with Crippen molar-refractivity contribution in [2.24, 2.45) is 0 Å². The second-order valence-electron chi connectivity index (χ2n) is 2.74. The van der Waals surface area contributed by atoms with Crippen LogP contribution in [0.15, 0.2) is 35.2 Å². The van der Waals surface area contributed by atoms with Gasteiger partial charge in [0, 0.05) is 16.3 Å². The number of hydrogen-bond acceptors (Lipinski definition) is 1. The Morgan fingerprint density at radius 2 is 2.08 bits per heavy atom. The van der Waals surface area contributed by atoms with E-state index in [1.54, 1.807) is 11.8 Å². The van der Waals surface area contributed by atoms with Crippen molar-refractivity contribution in [1.29, 1.82) is 0 Å². The molecule has 0 amide bonds. The van der Waals surface area contributed by atoms with E-state index in [0.717, 1.165) is 10.3 Å². The molecule has 2 rings (SSSR count). The van der Waals surface area contributed by atoms with E-state index in [1.807, 2.05) is 24.5 Å². The van der Waals surface area contributed by atoms with Crippen molar-refractivity contribution in [1.82, 2.24) is 0 Å². The van der Waals surface area contributed by atoms with E-state index in [-0.39, 0.29) is 0 Å². The molecule has 0 aliphatic rings. The van der Waals surface area contributed by atoms with Gasteiger partial charge in [-0.25, -0.2) is 0 Å². The van der Waals surface area contributed by atoms with Crippen molar-refractivity contribution < 1.29 is 0 Å². The highest BCUT2D eigenvalue weighted by molar-refractivity contribution is 7.98. The highest BCUT2D eigenvalue weighted by Gasteiger charge is 2.00. The van der Waals surface area contributed by atoms with Gasteiger partial charge in [-0.05, 0) is 17.7 Å². The summed E-state index contributed by atoms with van der Waals surface area (Å²) in [6, 6.07) is 13.3. The van der Waals surface area contributed by atoms with Gasteiger partial charge in [0.05, 0.1) is 5.02 Å². The Morgan fingerprint density at radius 1 is 1.31 bits per heavy atom. The molecule has 0 nitrogen and oxygen atoms in total. The number of rotatable bonds is 1. The zero-order chi connectivity index (χ0) is 9.26. The Morgan fingerprint density at radius 3 is 2.85 bits per heavy atom. The summed E-state index contributed by atoms with van der Waals surface area (Å²) in [5, 5.41) is 2.96. The van der Waals surface area contributed by atoms with Crippen molar-refractivity contribution in [3.8, 4) is 0 Å². The van der Waals surface area contributed by atoms with Gasteiger partial charge in [0.15, 0.2) is 0 Å². The molecule has 2 aromatic carbocycles. The van der Waals surface area contributed by atoms with Crippen molar-refractivity contribution in [2.75, 3.05) is 6.26 Å². The minimum atomic E-state index is 0.711. The van der Waals surface area contributed by atoms with Crippen molar-refractivity contribution in [2.45, 2.75) is 4.90 Å². The van der Waals surface area contributed by atoms with Crippen LogP contribution >= 0.6 is 23.4 Å². The topological polar surface area (TPSA) is 0 Å². The van der Waals surface area contributed by atoms with Gasteiger partial charge in [0.2, 0.25) is 0 Å². The third-order valence-electron chi connectivity index (χ3n) is 1.94. The highest BCUT2D eigenvalue weighted by atomic mass is 35.5. The van der Waals surface area contributed by atoms with Gasteiger partial charge < -0.3 is 0 Å². The monoisotopic (exact) mass is 207 g/mol. The minimum absolute atomic E-state index is 0.711. The van der Waals surface area contributed by atoms with Gasteiger partial charge >= 0.3 is 0 Å². The fourth-order valence-corrected chi connectivity index (χ4v) is 2.06. The lowest BCUT2D eigenvalue weighted by Gasteiger charge is -2.02. The zero-order valence-electron chi connectivity index (χ0n) is 7.17. The molecule has 0 aromatic heterocycles. The summed E-state index contributed by atoms with van der Waals surface area (Å²) < 4.78 is 0. The molecule has 1 radical (unpaired) electrons. The Balaban J connectivity index is 2.77. The molecule has 0 fully saturated rings. The number of halogens is 1. The molecule has 2 heteroatoms. The maximum absolute atomic E-state index is 6.07. The summed E-state index contributed by atoms with van der Waals surface area (Å²) in [7, 11) is 0. The third kappa shape index (κ3) is 1.67. The van der Waals surface area contributed by atoms with E-state index in [0.29, 0.717) is 5.02 Å². The van der Waals surface area contributed by atoms with Crippen LogP contribution in [0.1, 0.15) is 0 Å². The summed E-state index contributed by atoms with van der Waals surface area (Å²) in [6.45, 7) is 0. The van der Waals surface area contributed by atoms with E-state index in [9.17, 15) is 0 Å². The Hall–Kier alpha value is -0.660. The van der Waals surface area contributed by atoms with E-state index in [1.165, 1.54) is 5.39 Å². The average molecular weight is 208 g/mol. The number of hydrogen-bond donors (Lipinski definition) is 0. The molecule has 65 valence electrons. The molecule has 0 atom stereocenters. The normalized spacial score (nSPS) is 10.6. The third-order valence-corrected chi connectivity index (χ3v) is 2.89. The second-order valence-corrected chi connectivity index (χ2v) is 3.96. The summed E-state index contributed by atoms with van der Waals surface area (Å²) in [6.07, 6.45) is 2.02. The first-order valence-electron chi connectivity index (χ1n) is 3.96. The lowest BCUT2D eigenvalue weighted by molar-refractivity contribution is 1.49. The minimum Gasteiger partial charge on any atom is -0.129 e. The maximum Gasteiger partial charge on any atom is 0.0574 e. The Labute approximate surface area is 86.9 Å². The van der Waals surface area contributed by atoms with Crippen LogP contribution in [-0.4, -0.2) is 6.26 Å². The lowest BCUT2D eigenvalue weighted by Crippen LogP contribution is -1.76. The van der Waals surface area contributed by atoms with Crippen LogP contribution in [0.3, 0.4) is 0 Å². The van der Waals surface area contributed by atoms with Crippen LogP contribution in [0, 0.1) is 6.07 Å². The van der Waals surface area contributed by atoms with E-state index in [4.69, 9.17) is 11.6 Å². The molecule has 0 aliphatic heterocycles. The van der Waals surface area contributed by atoms with Gasteiger partial charge in [0.25, 0.3) is 0 Å². The predicted octanol–water partition coefficient (Wildman–Crippen LogP) is 4.02. The van der Waals surface area contributed by atoms with E-state index in [2.05, 4.69) is 18.2 Å². The summed E-state index contributed by atoms with van der Waals surface area (Å²) >= 11 is 7.73. The van der Waals surface area contributed by atoms with Crippen LogP contribution in [-0.2, 0) is 0 Å². The quantitative estimate of drug-likeness (QED) is 0.637. The molecular weight excluding hydrogens is 200 g/mol. The smallest absolute Gasteiger partial charge is 0.0574 e. The van der Waals surface area contributed by atoms with Crippen LogP contribution in [0.2, 0.25) is 5.02 Å². The molecule has 0 saturated carbocycles. The van der Waals surface area contributed by atoms with Crippen LogP contribution < -0.4 is 0 Å². The second kappa shape index (κ2) is 3.60. The fourth-order valence-electron chi connectivity index (χ4n) is 1.29. The largest absolute Gasteiger partial charge is 0.129 e. The van der Waals surface area contributed by atoms with Gasteiger partial charge in [-0.2, -0.15) is 0 Å². The number of thioether (sulfide) groups is 1. The maximum atomic E-state index is 6.07. The molecule has 0 unspecified atom stereocenters. The first-order valence-corrected chi connectivity index (χ1v) is 5.56. The fraction of sp³-hybridized carbons (Fsp3) is 0.0909. The molecule has 2 aromatic rings. The van der Waals surface area contributed by atoms with Gasteiger partial charge in [0.1, 0.15) is 0 Å². The van der Waals surface area contributed by atoms with Gasteiger partial charge in [-0.15, -0.1) is 11.8 Å². The molecule has 0 bridgehead atoms. The van der Waals surface area contributed by atoms with Crippen LogP contribution in [0.4, 0.5) is 0 Å². The van der Waals surface area contributed by atoms with Crippen LogP contribution in [0.25, 0.3) is 10.8 Å². The summed E-state index contributed by atoms with van der Waals surface area (Å²) in [4.78, 5) is 1.09. The average Bonchev–Trinajstić information content (AvgIpc) is 2.18. The number of benzene rings is 2. The lowest BCUT2D eigenvalue weighted by atomic mass is 10.1. The predicted molar refractivity (Wildman–Crippen MR) is 59.6 cm³/mol.